The van der Waals surface area contributed by atoms with Crippen molar-refractivity contribution in [1.29, 1.82) is 0 Å². The van der Waals surface area contributed by atoms with Gasteiger partial charge < -0.3 is 0 Å². The van der Waals surface area contributed by atoms with Gasteiger partial charge in [-0.05, 0) is 29.5 Å². The second-order valence-electron chi connectivity index (χ2n) is 3.69. The molecule has 0 heterocycles. The van der Waals surface area contributed by atoms with Gasteiger partial charge in [0.15, 0.2) is 0 Å². The molecule has 2 aromatic rings. The summed E-state index contributed by atoms with van der Waals surface area (Å²) < 4.78 is 0. The minimum atomic E-state index is 1.02. The summed E-state index contributed by atoms with van der Waals surface area (Å²) in [5.74, 6) is 0. The van der Waals surface area contributed by atoms with Gasteiger partial charge in [0.1, 0.15) is 0 Å². The summed E-state index contributed by atoms with van der Waals surface area (Å²) in [5.41, 5.74) is 4.02. The second-order valence-corrected chi connectivity index (χ2v) is 3.69. The lowest BCUT2D eigenvalue weighted by Crippen LogP contribution is -1.87. The summed E-state index contributed by atoms with van der Waals surface area (Å²) >= 11 is 0. The lowest BCUT2D eigenvalue weighted by Gasteiger charge is -2.02. The Labute approximate surface area is 91.6 Å². The molecule has 0 fully saturated rings. The molecule has 0 aliphatic carbocycles. The molecular weight excluding hydrogens is 180 g/mol. The van der Waals surface area contributed by atoms with Gasteiger partial charge in [-0.3, -0.25) is 0 Å². The number of rotatable bonds is 3. The van der Waals surface area contributed by atoms with Crippen LogP contribution in [0.3, 0.4) is 0 Å². The molecule has 0 atom stereocenters. The van der Waals surface area contributed by atoms with E-state index in [2.05, 4.69) is 67.9 Å². The van der Waals surface area contributed by atoms with Gasteiger partial charge in [-0.15, -0.1) is 0 Å². The zero-order chi connectivity index (χ0) is 10.5. The molecule has 75 valence electrons. The Kier molecular flexibility index (Phi) is 3.18. The maximum absolute atomic E-state index is 2.20. The normalized spacial score (nSPS) is 10.2. The van der Waals surface area contributed by atoms with Crippen molar-refractivity contribution in [2.24, 2.45) is 0 Å². The molecule has 15 heavy (non-hydrogen) atoms. The van der Waals surface area contributed by atoms with Crippen LogP contribution in [0.4, 0.5) is 0 Å². The SMILES string of the molecule is C[CH]c1ccc(Cc2ccccc2)cc1. The maximum Gasteiger partial charge on any atom is -0.00258 e. The van der Waals surface area contributed by atoms with Crippen molar-refractivity contribution in [2.45, 2.75) is 13.3 Å². The fraction of sp³-hybridized carbons (Fsp3) is 0.133. The third-order valence-corrected chi connectivity index (χ3v) is 2.56. The van der Waals surface area contributed by atoms with Crippen LogP contribution in [0, 0.1) is 6.42 Å². The third kappa shape index (κ3) is 2.69. The van der Waals surface area contributed by atoms with E-state index in [9.17, 15) is 0 Å². The van der Waals surface area contributed by atoms with Crippen molar-refractivity contribution in [2.75, 3.05) is 0 Å². The van der Waals surface area contributed by atoms with Crippen molar-refractivity contribution in [3.63, 3.8) is 0 Å². The molecule has 0 N–H and O–H groups in total. The minimum absolute atomic E-state index is 1.02. The first-order valence-electron chi connectivity index (χ1n) is 5.31. The molecule has 0 saturated carbocycles. The zero-order valence-corrected chi connectivity index (χ0v) is 8.98. The molecule has 0 amide bonds. The molecule has 0 heteroatoms. The van der Waals surface area contributed by atoms with E-state index in [1.165, 1.54) is 16.7 Å². The van der Waals surface area contributed by atoms with Gasteiger partial charge in [0.2, 0.25) is 0 Å². The van der Waals surface area contributed by atoms with Crippen LogP contribution in [0.1, 0.15) is 23.6 Å². The average molecular weight is 195 g/mol. The molecule has 1 radical (unpaired) electrons. The highest BCUT2D eigenvalue weighted by molar-refractivity contribution is 5.30. The Morgan fingerprint density at radius 3 is 2.00 bits per heavy atom. The molecule has 0 aliphatic heterocycles. The van der Waals surface area contributed by atoms with Gasteiger partial charge in [-0.1, -0.05) is 61.5 Å². The van der Waals surface area contributed by atoms with Gasteiger partial charge in [-0.2, -0.15) is 0 Å². The maximum atomic E-state index is 2.20. The summed E-state index contributed by atoms with van der Waals surface area (Å²) in [4.78, 5) is 0. The highest BCUT2D eigenvalue weighted by atomic mass is 14.0. The van der Waals surface area contributed by atoms with Crippen LogP contribution >= 0.6 is 0 Å². The predicted octanol–water partition coefficient (Wildman–Crippen LogP) is 3.85. The quantitative estimate of drug-likeness (QED) is 0.697. The molecule has 2 aromatic carbocycles. The Bertz CT molecular complexity index is 398. The van der Waals surface area contributed by atoms with Gasteiger partial charge in [0.05, 0.1) is 0 Å². The summed E-state index contributed by atoms with van der Waals surface area (Å²) in [5, 5.41) is 0. The van der Waals surface area contributed by atoms with Gasteiger partial charge in [0.25, 0.3) is 0 Å². The summed E-state index contributed by atoms with van der Waals surface area (Å²) in [6.07, 6.45) is 3.14. The molecule has 0 aliphatic rings. The third-order valence-electron chi connectivity index (χ3n) is 2.56. The van der Waals surface area contributed by atoms with Gasteiger partial charge in [0, 0.05) is 0 Å². The topological polar surface area (TPSA) is 0 Å². The van der Waals surface area contributed by atoms with Crippen LogP contribution in [-0.4, -0.2) is 0 Å². The van der Waals surface area contributed by atoms with Crippen molar-refractivity contribution >= 4 is 0 Å². The minimum Gasteiger partial charge on any atom is -0.0622 e. The molecular formula is C15H15. The first-order valence-corrected chi connectivity index (χ1v) is 5.31. The molecule has 0 spiro atoms. The Morgan fingerprint density at radius 1 is 0.800 bits per heavy atom. The summed E-state index contributed by atoms with van der Waals surface area (Å²) in [6.45, 7) is 2.06. The van der Waals surface area contributed by atoms with E-state index >= 15 is 0 Å². The number of hydrogen-bond donors (Lipinski definition) is 0. The van der Waals surface area contributed by atoms with E-state index in [0.717, 1.165) is 6.42 Å². The fourth-order valence-corrected chi connectivity index (χ4v) is 1.66. The molecule has 0 bridgehead atoms. The average Bonchev–Trinajstić information content (AvgIpc) is 2.31. The number of benzene rings is 2. The van der Waals surface area contributed by atoms with Crippen molar-refractivity contribution in [1.82, 2.24) is 0 Å². The first-order chi connectivity index (χ1) is 7.38. The lowest BCUT2D eigenvalue weighted by molar-refractivity contribution is 1.19. The zero-order valence-electron chi connectivity index (χ0n) is 8.98. The highest BCUT2D eigenvalue weighted by Crippen LogP contribution is 2.11. The molecule has 0 saturated heterocycles. The van der Waals surface area contributed by atoms with Crippen molar-refractivity contribution in [3.8, 4) is 0 Å². The van der Waals surface area contributed by atoms with Crippen LogP contribution in [0.25, 0.3) is 0 Å². The summed E-state index contributed by atoms with van der Waals surface area (Å²) in [7, 11) is 0. The van der Waals surface area contributed by atoms with E-state index in [0.29, 0.717) is 0 Å². The largest absolute Gasteiger partial charge is 0.0622 e. The van der Waals surface area contributed by atoms with E-state index in [1.807, 2.05) is 0 Å². The molecule has 0 nitrogen and oxygen atoms in total. The van der Waals surface area contributed by atoms with Crippen LogP contribution in [0.2, 0.25) is 0 Å². The van der Waals surface area contributed by atoms with E-state index in [-0.39, 0.29) is 0 Å². The predicted molar refractivity (Wildman–Crippen MR) is 64.8 cm³/mol. The highest BCUT2D eigenvalue weighted by Gasteiger charge is 1.95. The second kappa shape index (κ2) is 4.79. The first kappa shape index (κ1) is 9.97. The van der Waals surface area contributed by atoms with Gasteiger partial charge in [-0.25, -0.2) is 0 Å². The lowest BCUT2D eigenvalue weighted by atomic mass is 10.0. The molecule has 2 rings (SSSR count). The van der Waals surface area contributed by atoms with Crippen LogP contribution in [-0.2, 0) is 6.42 Å². The van der Waals surface area contributed by atoms with Crippen molar-refractivity contribution in [3.05, 3.63) is 77.7 Å². The van der Waals surface area contributed by atoms with Crippen LogP contribution < -0.4 is 0 Å². The van der Waals surface area contributed by atoms with E-state index in [4.69, 9.17) is 0 Å². The monoisotopic (exact) mass is 195 g/mol. The van der Waals surface area contributed by atoms with Crippen molar-refractivity contribution < 1.29 is 0 Å². The molecule has 0 aromatic heterocycles. The van der Waals surface area contributed by atoms with E-state index < -0.39 is 0 Å². The van der Waals surface area contributed by atoms with Crippen LogP contribution in [0.15, 0.2) is 54.6 Å². The standard InChI is InChI=1S/C15H15/c1-2-13-8-10-15(11-9-13)12-14-6-4-3-5-7-14/h2-11H,12H2,1H3. The molecule has 0 unspecified atom stereocenters. The van der Waals surface area contributed by atoms with E-state index in [1.54, 1.807) is 0 Å². The Hall–Kier alpha value is -1.56. The number of hydrogen-bond acceptors (Lipinski definition) is 0. The van der Waals surface area contributed by atoms with Gasteiger partial charge >= 0.3 is 0 Å². The smallest absolute Gasteiger partial charge is 0.00258 e. The summed E-state index contributed by atoms with van der Waals surface area (Å²) in [6, 6.07) is 19.3. The fourth-order valence-electron chi connectivity index (χ4n) is 1.66. The Balaban J connectivity index is 2.11. The van der Waals surface area contributed by atoms with Crippen LogP contribution in [0.5, 0.6) is 0 Å². The Morgan fingerprint density at radius 2 is 1.40 bits per heavy atom.